The smallest absolute Gasteiger partial charge is 0.159 e. The number of thioether (sulfide) groups is 1. The minimum Gasteiger partial charge on any atom is -0.496 e. The summed E-state index contributed by atoms with van der Waals surface area (Å²) in [6.07, 6.45) is 0. The fourth-order valence-electron chi connectivity index (χ4n) is 1.80. The first kappa shape index (κ1) is 17.5. The molecule has 0 aliphatic carbocycles. The molecule has 0 amide bonds. The van der Waals surface area contributed by atoms with Gasteiger partial charge in [-0.05, 0) is 32.0 Å². The number of hydrogen-bond donors (Lipinski definition) is 1. The van der Waals surface area contributed by atoms with Crippen molar-refractivity contribution in [2.45, 2.75) is 25.6 Å². The molecule has 1 aromatic rings. The number of nitrogens with two attached hydrogens (primary N) is 1. The Morgan fingerprint density at radius 1 is 1.43 bits per heavy atom. The van der Waals surface area contributed by atoms with Gasteiger partial charge in [-0.1, -0.05) is 11.8 Å². The number of aliphatic imine (C=N–C) groups is 1. The topological polar surface area (TPSA) is 73.9 Å². The van der Waals surface area contributed by atoms with Gasteiger partial charge in [0.15, 0.2) is 11.0 Å². The third-order valence-electron chi connectivity index (χ3n) is 2.82. The lowest BCUT2D eigenvalue weighted by atomic mass is 10.1. The Morgan fingerprint density at radius 3 is 2.71 bits per heavy atom. The van der Waals surface area contributed by atoms with Crippen molar-refractivity contribution in [1.29, 1.82) is 0 Å². The minimum absolute atomic E-state index is 0.0212. The fourth-order valence-corrected chi connectivity index (χ4v) is 2.58. The summed E-state index contributed by atoms with van der Waals surface area (Å²) in [6, 6.07) is 5.41. The average molecular weight is 310 g/mol. The third kappa shape index (κ3) is 5.77. The maximum absolute atomic E-state index is 11.4. The van der Waals surface area contributed by atoms with Crippen LogP contribution in [0.1, 0.15) is 29.8 Å². The summed E-state index contributed by atoms with van der Waals surface area (Å²) in [5.74, 6) is 1.36. The SMILES string of the molecule is COC[C@@H](C)N=C(N)SCc1cc(C(C)=O)ccc1OC. The first-order valence-electron chi connectivity index (χ1n) is 6.60. The molecule has 2 N–H and O–H groups in total. The van der Waals surface area contributed by atoms with Gasteiger partial charge >= 0.3 is 0 Å². The highest BCUT2D eigenvalue weighted by Gasteiger charge is 2.09. The van der Waals surface area contributed by atoms with Gasteiger partial charge in [0.05, 0.1) is 19.8 Å². The number of methoxy groups -OCH3 is 2. The number of hydrogen-bond acceptors (Lipinski definition) is 5. The molecular weight excluding hydrogens is 288 g/mol. The van der Waals surface area contributed by atoms with Crippen LogP contribution in [0.3, 0.4) is 0 Å². The lowest BCUT2D eigenvalue weighted by Crippen LogP contribution is -2.15. The van der Waals surface area contributed by atoms with Crippen LogP contribution in [-0.2, 0) is 10.5 Å². The summed E-state index contributed by atoms with van der Waals surface area (Å²) in [5.41, 5.74) is 7.48. The molecule has 6 heteroatoms. The van der Waals surface area contributed by atoms with E-state index in [4.69, 9.17) is 15.2 Å². The molecule has 0 fully saturated rings. The number of carbonyl (C=O) groups excluding carboxylic acids is 1. The maximum atomic E-state index is 11.4. The standard InChI is InChI=1S/C15H22N2O3S/c1-10(8-19-3)17-15(16)21-9-13-7-12(11(2)18)5-6-14(13)20-4/h5-7,10H,8-9H2,1-4H3,(H2,16,17)/t10-/m1/s1. The molecule has 1 aromatic carbocycles. The van der Waals surface area contributed by atoms with Gasteiger partial charge in [0.2, 0.25) is 0 Å². The van der Waals surface area contributed by atoms with Crippen LogP contribution in [-0.4, -0.2) is 37.8 Å². The Kier molecular flexibility index (Phi) is 7.25. The second-order valence-corrected chi connectivity index (χ2v) is 5.64. The zero-order valence-electron chi connectivity index (χ0n) is 12.9. The van der Waals surface area contributed by atoms with E-state index in [0.29, 0.717) is 23.1 Å². The molecule has 0 spiro atoms. The van der Waals surface area contributed by atoms with E-state index in [2.05, 4.69) is 4.99 Å². The van der Waals surface area contributed by atoms with E-state index in [-0.39, 0.29) is 11.8 Å². The molecule has 5 nitrogen and oxygen atoms in total. The fraction of sp³-hybridized carbons (Fsp3) is 0.467. The highest BCUT2D eigenvalue weighted by molar-refractivity contribution is 8.13. The van der Waals surface area contributed by atoms with Gasteiger partial charge in [0.25, 0.3) is 0 Å². The van der Waals surface area contributed by atoms with Crippen molar-refractivity contribution in [3.8, 4) is 5.75 Å². The van der Waals surface area contributed by atoms with Gasteiger partial charge < -0.3 is 15.2 Å². The van der Waals surface area contributed by atoms with Crippen molar-refractivity contribution in [3.05, 3.63) is 29.3 Å². The number of amidine groups is 1. The van der Waals surface area contributed by atoms with E-state index in [1.54, 1.807) is 33.3 Å². The van der Waals surface area contributed by atoms with Crippen LogP contribution in [0.2, 0.25) is 0 Å². The summed E-state index contributed by atoms with van der Waals surface area (Å²) in [5, 5.41) is 0.495. The van der Waals surface area contributed by atoms with Crippen molar-refractivity contribution in [1.82, 2.24) is 0 Å². The molecule has 0 saturated carbocycles. The first-order chi connectivity index (χ1) is 9.97. The second-order valence-electron chi connectivity index (χ2n) is 4.64. The highest BCUT2D eigenvalue weighted by Crippen LogP contribution is 2.25. The molecule has 21 heavy (non-hydrogen) atoms. The molecule has 0 aromatic heterocycles. The largest absolute Gasteiger partial charge is 0.496 e. The van der Waals surface area contributed by atoms with Crippen molar-refractivity contribution >= 4 is 22.7 Å². The number of rotatable bonds is 7. The molecule has 0 radical (unpaired) electrons. The van der Waals surface area contributed by atoms with Gasteiger partial charge in [-0.25, -0.2) is 0 Å². The number of Topliss-reactive ketones (excluding diaryl/α,β-unsaturated/α-hetero) is 1. The monoisotopic (exact) mass is 310 g/mol. The van der Waals surface area contributed by atoms with E-state index < -0.39 is 0 Å². The molecule has 0 bridgehead atoms. The number of nitrogens with zero attached hydrogens (tertiary/aromatic N) is 1. The number of ether oxygens (including phenoxy) is 2. The first-order valence-corrected chi connectivity index (χ1v) is 7.59. The predicted octanol–water partition coefficient (Wildman–Crippen LogP) is 2.48. The Labute approximate surface area is 129 Å². The van der Waals surface area contributed by atoms with Crippen LogP contribution in [0.4, 0.5) is 0 Å². The lowest BCUT2D eigenvalue weighted by Gasteiger charge is -2.10. The summed E-state index contributed by atoms with van der Waals surface area (Å²) in [6.45, 7) is 4.01. The molecule has 0 aliphatic rings. The molecule has 116 valence electrons. The van der Waals surface area contributed by atoms with Crippen molar-refractivity contribution in [2.75, 3.05) is 20.8 Å². The Balaban J connectivity index is 2.77. The van der Waals surface area contributed by atoms with E-state index in [1.807, 2.05) is 13.0 Å². The summed E-state index contributed by atoms with van der Waals surface area (Å²) >= 11 is 1.41. The molecular formula is C15H22N2O3S. The predicted molar refractivity (Wildman–Crippen MR) is 87.3 cm³/mol. The van der Waals surface area contributed by atoms with Crippen molar-refractivity contribution < 1.29 is 14.3 Å². The minimum atomic E-state index is 0.0212. The Hall–Kier alpha value is -1.53. The van der Waals surface area contributed by atoms with E-state index >= 15 is 0 Å². The summed E-state index contributed by atoms with van der Waals surface area (Å²) < 4.78 is 10.3. The third-order valence-corrected chi connectivity index (χ3v) is 3.67. The molecule has 0 heterocycles. The zero-order valence-corrected chi connectivity index (χ0v) is 13.7. The molecule has 0 saturated heterocycles. The van der Waals surface area contributed by atoms with Crippen LogP contribution in [0.5, 0.6) is 5.75 Å². The van der Waals surface area contributed by atoms with Crippen LogP contribution < -0.4 is 10.5 Å². The normalized spacial score (nSPS) is 13.0. The number of carbonyl (C=O) groups is 1. The van der Waals surface area contributed by atoms with E-state index in [9.17, 15) is 4.79 Å². The van der Waals surface area contributed by atoms with Crippen LogP contribution in [0.15, 0.2) is 23.2 Å². The quantitative estimate of drug-likeness (QED) is 0.476. The zero-order chi connectivity index (χ0) is 15.8. The average Bonchev–Trinajstić information content (AvgIpc) is 2.44. The Bertz CT molecular complexity index is 518. The maximum Gasteiger partial charge on any atom is 0.159 e. The Morgan fingerprint density at radius 2 is 2.14 bits per heavy atom. The van der Waals surface area contributed by atoms with Crippen LogP contribution in [0.25, 0.3) is 0 Å². The van der Waals surface area contributed by atoms with Gasteiger partial charge in [0.1, 0.15) is 5.75 Å². The molecule has 0 unspecified atom stereocenters. The van der Waals surface area contributed by atoms with Gasteiger partial charge in [-0.15, -0.1) is 0 Å². The second kappa shape index (κ2) is 8.69. The molecule has 1 rings (SSSR count). The number of benzene rings is 1. The van der Waals surface area contributed by atoms with E-state index in [1.165, 1.54) is 11.8 Å². The van der Waals surface area contributed by atoms with E-state index in [0.717, 1.165) is 11.3 Å². The van der Waals surface area contributed by atoms with Gasteiger partial charge in [-0.2, -0.15) is 0 Å². The van der Waals surface area contributed by atoms with Crippen molar-refractivity contribution in [3.63, 3.8) is 0 Å². The van der Waals surface area contributed by atoms with Crippen LogP contribution in [0, 0.1) is 0 Å². The lowest BCUT2D eigenvalue weighted by molar-refractivity contribution is 0.101. The van der Waals surface area contributed by atoms with Crippen molar-refractivity contribution in [2.24, 2.45) is 10.7 Å². The van der Waals surface area contributed by atoms with Crippen LogP contribution >= 0.6 is 11.8 Å². The van der Waals surface area contributed by atoms with Gasteiger partial charge in [0, 0.05) is 24.0 Å². The highest BCUT2D eigenvalue weighted by atomic mass is 32.2. The molecule has 0 aliphatic heterocycles. The summed E-state index contributed by atoms with van der Waals surface area (Å²) in [4.78, 5) is 15.8. The summed E-state index contributed by atoms with van der Waals surface area (Å²) in [7, 11) is 3.24. The molecule has 1 atom stereocenters. The number of ketones is 1. The van der Waals surface area contributed by atoms with Gasteiger partial charge in [-0.3, -0.25) is 9.79 Å².